The van der Waals surface area contributed by atoms with Gasteiger partial charge in [0.15, 0.2) is 29.1 Å². The molecule has 1 aromatic heterocycles. The topological polar surface area (TPSA) is 55.3 Å². The summed E-state index contributed by atoms with van der Waals surface area (Å²) in [4.78, 5) is 23.7. The molecule has 1 amide bonds. The van der Waals surface area contributed by atoms with Gasteiger partial charge in [0.1, 0.15) is 5.75 Å². The summed E-state index contributed by atoms with van der Waals surface area (Å²) in [5.74, 6) is -7.12. The van der Waals surface area contributed by atoms with Gasteiger partial charge in [-0.3, -0.25) is 9.69 Å². The van der Waals surface area contributed by atoms with Crippen LogP contribution in [0.1, 0.15) is 35.2 Å². The summed E-state index contributed by atoms with van der Waals surface area (Å²) in [5, 5.41) is 0. The number of carbonyl (C=O) groups is 1. The van der Waals surface area contributed by atoms with E-state index >= 15 is 0 Å². The van der Waals surface area contributed by atoms with E-state index in [1.165, 1.54) is 13.2 Å². The maximum absolute atomic E-state index is 14.5. The molecule has 0 N–H and O–H groups in total. The number of hydrogen-bond acceptors (Lipinski definition) is 4. The smallest absolute Gasteiger partial charge is 0.232 e. The second-order valence-corrected chi connectivity index (χ2v) is 8.81. The van der Waals surface area contributed by atoms with Crippen molar-refractivity contribution in [2.45, 2.75) is 26.2 Å². The highest BCUT2D eigenvalue weighted by molar-refractivity contribution is 5.94. The van der Waals surface area contributed by atoms with Crippen LogP contribution in [0, 0.1) is 30.2 Å². The van der Waals surface area contributed by atoms with Gasteiger partial charge >= 0.3 is 0 Å². The second kappa shape index (κ2) is 11.0. The third-order valence-corrected chi connectivity index (χ3v) is 6.52. The van der Waals surface area contributed by atoms with Gasteiger partial charge in [0.05, 0.1) is 31.1 Å². The lowest BCUT2D eigenvalue weighted by Crippen LogP contribution is -2.31. The van der Waals surface area contributed by atoms with Crippen LogP contribution in [0.5, 0.6) is 5.75 Å². The van der Waals surface area contributed by atoms with Crippen molar-refractivity contribution in [2.24, 2.45) is 0 Å². The molecule has 1 atom stereocenters. The average molecular weight is 524 g/mol. The van der Waals surface area contributed by atoms with Crippen LogP contribution in [0.2, 0.25) is 0 Å². The van der Waals surface area contributed by atoms with Crippen LogP contribution in [0.25, 0.3) is 11.3 Å². The highest BCUT2D eigenvalue weighted by atomic mass is 19.2. The van der Waals surface area contributed by atoms with Gasteiger partial charge in [0.25, 0.3) is 0 Å². The monoisotopic (exact) mass is 523 g/mol. The van der Waals surface area contributed by atoms with Crippen LogP contribution in [0.3, 0.4) is 0 Å². The lowest BCUT2D eigenvalue weighted by molar-refractivity contribution is -0.117. The summed E-state index contributed by atoms with van der Waals surface area (Å²) in [6.45, 7) is 3.00. The number of anilines is 1. The maximum atomic E-state index is 14.5. The van der Waals surface area contributed by atoms with Crippen molar-refractivity contribution in [3.63, 3.8) is 0 Å². The zero-order valence-corrected chi connectivity index (χ0v) is 21.2. The molecule has 0 aliphatic carbocycles. The SMILES string of the molecule is COc1ccc(-c2cnc(N(C)C(=O)Cc3c(C)c(F)c(F)c(F)c3F)c(C(C)c3ccccc3)n2)cc1. The first kappa shape index (κ1) is 26.8. The quantitative estimate of drug-likeness (QED) is 0.160. The van der Waals surface area contributed by atoms with Crippen LogP contribution < -0.4 is 9.64 Å². The molecular weight excluding hydrogens is 498 g/mol. The minimum absolute atomic E-state index is 0.199. The molecule has 3 aromatic carbocycles. The molecule has 0 aliphatic rings. The van der Waals surface area contributed by atoms with Crippen molar-refractivity contribution in [3.8, 4) is 17.0 Å². The number of ether oxygens (including phenoxy) is 1. The summed E-state index contributed by atoms with van der Waals surface area (Å²) in [5.41, 5.74) is 1.69. The number of methoxy groups -OCH3 is 1. The largest absolute Gasteiger partial charge is 0.497 e. The predicted molar refractivity (Wildman–Crippen MR) is 136 cm³/mol. The Bertz CT molecular complexity index is 1450. The fourth-order valence-corrected chi connectivity index (χ4v) is 4.13. The Kier molecular flexibility index (Phi) is 7.75. The van der Waals surface area contributed by atoms with Crippen molar-refractivity contribution < 1.29 is 27.1 Å². The van der Waals surface area contributed by atoms with Crippen LogP contribution in [0.4, 0.5) is 23.4 Å². The molecule has 5 nitrogen and oxygen atoms in total. The van der Waals surface area contributed by atoms with E-state index in [1.54, 1.807) is 19.2 Å². The molecule has 9 heteroatoms. The number of rotatable bonds is 7. The average Bonchev–Trinajstić information content (AvgIpc) is 2.96. The third-order valence-electron chi connectivity index (χ3n) is 6.52. The number of likely N-dealkylation sites (N-methyl/N-ethyl adjacent to an activating group) is 1. The van der Waals surface area contributed by atoms with Crippen molar-refractivity contribution in [1.29, 1.82) is 0 Å². The summed E-state index contributed by atoms with van der Waals surface area (Å²) in [6.07, 6.45) is 0.800. The number of carbonyl (C=O) groups excluding carboxylic acids is 1. The number of halogens is 4. The molecule has 0 spiro atoms. The fourth-order valence-electron chi connectivity index (χ4n) is 4.13. The van der Waals surface area contributed by atoms with Crippen LogP contribution in [-0.2, 0) is 11.2 Å². The van der Waals surface area contributed by atoms with Gasteiger partial charge in [-0.15, -0.1) is 0 Å². The van der Waals surface area contributed by atoms with Crippen LogP contribution in [0.15, 0.2) is 60.8 Å². The number of hydrogen-bond donors (Lipinski definition) is 0. The molecule has 0 fully saturated rings. The van der Waals surface area contributed by atoms with Crippen molar-refractivity contribution >= 4 is 11.7 Å². The lowest BCUT2D eigenvalue weighted by atomic mass is 9.96. The third kappa shape index (κ3) is 5.09. The molecule has 0 aliphatic heterocycles. The Hall–Kier alpha value is -4.27. The molecule has 0 saturated heterocycles. The van der Waals surface area contributed by atoms with Gasteiger partial charge in [0, 0.05) is 24.1 Å². The van der Waals surface area contributed by atoms with E-state index < -0.39 is 46.7 Å². The van der Waals surface area contributed by atoms with Gasteiger partial charge in [-0.2, -0.15) is 0 Å². The number of benzene rings is 3. The van der Waals surface area contributed by atoms with E-state index in [-0.39, 0.29) is 11.7 Å². The molecular formula is C29H25F4N3O2. The lowest BCUT2D eigenvalue weighted by Gasteiger charge is -2.23. The number of amides is 1. The highest BCUT2D eigenvalue weighted by Crippen LogP contribution is 2.32. The summed E-state index contributed by atoms with van der Waals surface area (Å²) < 4.78 is 61.2. The first-order valence-corrected chi connectivity index (χ1v) is 11.8. The van der Waals surface area contributed by atoms with Gasteiger partial charge in [-0.05, 0) is 42.3 Å². The van der Waals surface area contributed by atoms with Gasteiger partial charge in [-0.1, -0.05) is 37.3 Å². The Morgan fingerprint density at radius 2 is 1.58 bits per heavy atom. The van der Waals surface area contributed by atoms with Crippen molar-refractivity contribution in [1.82, 2.24) is 9.97 Å². The minimum atomic E-state index is -1.96. The first-order valence-electron chi connectivity index (χ1n) is 11.8. The standard InChI is InChI=1S/C29H25F4N3O2/c1-16(18-8-6-5-7-9-18)28-29(34-15-22(35-28)19-10-12-20(38-4)13-11-19)36(3)23(37)14-21-17(2)24(30)26(32)27(33)25(21)31/h5-13,15-16H,14H2,1-4H3. The second-order valence-electron chi connectivity index (χ2n) is 8.81. The molecule has 4 aromatic rings. The summed E-state index contributed by atoms with van der Waals surface area (Å²) in [6, 6.07) is 16.7. The van der Waals surface area contributed by atoms with E-state index in [1.807, 2.05) is 49.4 Å². The van der Waals surface area contributed by atoms with Crippen molar-refractivity contribution in [3.05, 3.63) is 106 Å². The van der Waals surface area contributed by atoms with E-state index in [4.69, 9.17) is 9.72 Å². The Morgan fingerprint density at radius 1 is 0.947 bits per heavy atom. The highest BCUT2D eigenvalue weighted by Gasteiger charge is 2.28. The molecule has 196 valence electrons. The summed E-state index contributed by atoms with van der Waals surface area (Å²) >= 11 is 0. The Labute approximate surface area is 217 Å². The molecule has 1 heterocycles. The van der Waals surface area contributed by atoms with E-state index in [9.17, 15) is 22.4 Å². The maximum Gasteiger partial charge on any atom is 0.232 e. The van der Waals surface area contributed by atoms with E-state index in [0.717, 1.165) is 23.0 Å². The Morgan fingerprint density at radius 3 is 2.21 bits per heavy atom. The molecule has 1 unspecified atom stereocenters. The molecule has 0 radical (unpaired) electrons. The first-order chi connectivity index (χ1) is 18.1. The van der Waals surface area contributed by atoms with Crippen molar-refractivity contribution in [2.75, 3.05) is 19.1 Å². The van der Waals surface area contributed by atoms with Crippen LogP contribution in [-0.4, -0.2) is 30.0 Å². The number of aromatic nitrogens is 2. The van der Waals surface area contributed by atoms with Gasteiger partial charge in [0.2, 0.25) is 5.91 Å². The zero-order valence-electron chi connectivity index (χ0n) is 21.2. The Balaban J connectivity index is 1.75. The van der Waals surface area contributed by atoms with Gasteiger partial charge in [-0.25, -0.2) is 27.5 Å². The molecule has 38 heavy (non-hydrogen) atoms. The fraction of sp³-hybridized carbons (Fsp3) is 0.207. The zero-order chi connectivity index (χ0) is 27.6. The molecule has 0 bridgehead atoms. The minimum Gasteiger partial charge on any atom is -0.497 e. The number of nitrogens with zero attached hydrogens (tertiary/aromatic N) is 3. The molecule has 4 rings (SSSR count). The van der Waals surface area contributed by atoms with Gasteiger partial charge < -0.3 is 4.74 Å². The molecule has 0 saturated carbocycles. The van der Waals surface area contributed by atoms with E-state index in [2.05, 4.69) is 4.98 Å². The predicted octanol–water partition coefficient (Wildman–Crippen LogP) is 6.37. The van der Waals surface area contributed by atoms with Crippen LogP contribution >= 0.6 is 0 Å². The van der Waals surface area contributed by atoms with E-state index in [0.29, 0.717) is 17.1 Å². The summed E-state index contributed by atoms with van der Waals surface area (Å²) in [7, 11) is 2.99. The normalized spacial score (nSPS) is 11.8.